The third-order valence-corrected chi connectivity index (χ3v) is 5.26. The van der Waals surface area contributed by atoms with E-state index in [1.165, 1.54) is 17.4 Å². The molecule has 0 saturated carbocycles. The summed E-state index contributed by atoms with van der Waals surface area (Å²) in [6, 6.07) is 20.5. The van der Waals surface area contributed by atoms with Crippen molar-refractivity contribution in [2.24, 2.45) is 0 Å². The smallest absolute Gasteiger partial charge is 0.336 e. The van der Waals surface area contributed by atoms with Gasteiger partial charge in [-0.05, 0) is 54.5 Å². The van der Waals surface area contributed by atoms with E-state index in [1.54, 1.807) is 24.4 Å². The molecule has 4 rings (SSSR count). The van der Waals surface area contributed by atoms with Gasteiger partial charge in [0.1, 0.15) is 17.2 Å². The largest absolute Gasteiger partial charge is 0.494 e. The van der Waals surface area contributed by atoms with Crippen LogP contribution in [0, 0.1) is 0 Å². The summed E-state index contributed by atoms with van der Waals surface area (Å²) in [6.07, 6.45) is 5.82. The Labute approximate surface area is 196 Å². The molecule has 2 heterocycles. The zero-order valence-corrected chi connectivity index (χ0v) is 18.9. The second-order valence-corrected chi connectivity index (χ2v) is 7.94. The molecule has 0 bridgehead atoms. The number of carbonyl (C=O) groups excluding carboxylic acids is 1. The van der Waals surface area contributed by atoms with E-state index in [1.807, 2.05) is 60.0 Å². The Morgan fingerprint density at radius 2 is 1.91 bits per heavy atom. The molecule has 6 nitrogen and oxygen atoms in total. The van der Waals surface area contributed by atoms with Gasteiger partial charge in [0.05, 0.1) is 12.3 Å². The third kappa shape index (κ3) is 6.51. The third-order valence-electron chi connectivity index (χ3n) is 4.50. The fourth-order valence-corrected chi connectivity index (χ4v) is 3.66. The number of esters is 1. The van der Waals surface area contributed by atoms with Crippen LogP contribution in [0.25, 0.3) is 17.5 Å². The molecule has 0 aliphatic heterocycles. The van der Waals surface area contributed by atoms with E-state index in [4.69, 9.17) is 9.47 Å². The van der Waals surface area contributed by atoms with Crippen LogP contribution in [-0.2, 0) is 4.79 Å². The molecule has 1 N–H and O–H groups in total. The number of aromatic nitrogens is 2. The highest BCUT2D eigenvalue weighted by Gasteiger charge is 2.07. The molecule has 0 amide bonds. The van der Waals surface area contributed by atoms with Crippen LogP contribution in [0.2, 0.25) is 0 Å². The number of carbonyl (C=O) groups is 1. The highest BCUT2D eigenvalue weighted by atomic mass is 32.1. The number of rotatable bonds is 9. The van der Waals surface area contributed by atoms with E-state index < -0.39 is 5.97 Å². The molecule has 0 fully saturated rings. The monoisotopic (exact) mass is 457 g/mol. The van der Waals surface area contributed by atoms with Gasteiger partial charge in [-0.3, -0.25) is 4.98 Å². The SMILES string of the molecule is CCCOc1ccc(/C=C/C(=O)Oc2cccc(Nc3nc(-c4ccccn4)cs3)c2)cc1. The number of benzene rings is 2. The van der Waals surface area contributed by atoms with E-state index in [-0.39, 0.29) is 0 Å². The highest BCUT2D eigenvalue weighted by Crippen LogP contribution is 2.27. The van der Waals surface area contributed by atoms with Gasteiger partial charge < -0.3 is 14.8 Å². The maximum absolute atomic E-state index is 12.3. The quantitative estimate of drug-likeness (QED) is 0.179. The van der Waals surface area contributed by atoms with Gasteiger partial charge in [0.25, 0.3) is 0 Å². The van der Waals surface area contributed by atoms with Crippen LogP contribution in [0.15, 0.2) is 84.4 Å². The summed E-state index contributed by atoms with van der Waals surface area (Å²) in [5, 5.41) is 5.92. The molecule has 2 aromatic carbocycles. The lowest BCUT2D eigenvalue weighted by atomic mass is 10.2. The minimum Gasteiger partial charge on any atom is -0.494 e. The molecule has 0 atom stereocenters. The lowest BCUT2D eigenvalue weighted by Crippen LogP contribution is -2.04. The lowest BCUT2D eigenvalue weighted by Gasteiger charge is -2.06. The van der Waals surface area contributed by atoms with Crippen molar-refractivity contribution >= 4 is 34.2 Å². The summed E-state index contributed by atoms with van der Waals surface area (Å²) in [6.45, 7) is 2.75. The molecule has 4 aromatic rings. The Morgan fingerprint density at radius 1 is 1.03 bits per heavy atom. The van der Waals surface area contributed by atoms with Gasteiger partial charge in [-0.15, -0.1) is 11.3 Å². The van der Waals surface area contributed by atoms with Crippen LogP contribution in [0.4, 0.5) is 10.8 Å². The van der Waals surface area contributed by atoms with Gasteiger partial charge in [-0.2, -0.15) is 0 Å². The van der Waals surface area contributed by atoms with Crippen molar-refractivity contribution in [2.45, 2.75) is 13.3 Å². The normalized spacial score (nSPS) is 10.8. The van der Waals surface area contributed by atoms with E-state index in [9.17, 15) is 4.79 Å². The Morgan fingerprint density at radius 3 is 2.70 bits per heavy atom. The molecule has 0 aliphatic rings. The Hall–Kier alpha value is -3.97. The molecule has 0 unspecified atom stereocenters. The average molecular weight is 458 g/mol. The Bertz CT molecular complexity index is 1220. The van der Waals surface area contributed by atoms with Gasteiger partial charge in [0.2, 0.25) is 0 Å². The summed E-state index contributed by atoms with van der Waals surface area (Å²) < 4.78 is 11.0. The second-order valence-electron chi connectivity index (χ2n) is 7.08. The fraction of sp³-hybridized carbons (Fsp3) is 0.115. The van der Waals surface area contributed by atoms with Gasteiger partial charge in [-0.25, -0.2) is 9.78 Å². The van der Waals surface area contributed by atoms with E-state index in [2.05, 4.69) is 22.2 Å². The molecule has 33 heavy (non-hydrogen) atoms. The standard InChI is InChI=1S/C26H23N3O3S/c1-2-16-31-21-12-9-19(10-13-21)11-14-25(30)32-22-7-5-6-20(17-22)28-26-29-24(18-33-26)23-8-3-4-15-27-23/h3-15,17-18H,2,16H2,1H3,(H,28,29)/b14-11+. The minimum absolute atomic E-state index is 0.444. The van der Waals surface area contributed by atoms with Crippen LogP contribution in [0.1, 0.15) is 18.9 Å². The minimum atomic E-state index is -0.454. The number of nitrogens with zero attached hydrogens (tertiary/aromatic N) is 2. The zero-order valence-electron chi connectivity index (χ0n) is 18.1. The first-order chi connectivity index (χ1) is 16.2. The van der Waals surface area contributed by atoms with E-state index in [0.29, 0.717) is 12.4 Å². The summed E-state index contributed by atoms with van der Waals surface area (Å²) in [5.41, 5.74) is 3.28. The molecule has 0 spiro atoms. The zero-order chi connectivity index (χ0) is 22.9. The van der Waals surface area contributed by atoms with Crippen LogP contribution >= 0.6 is 11.3 Å². The van der Waals surface area contributed by atoms with Gasteiger partial charge in [-0.1, -0.05) is 31.2 Å². The number of hydrogen-bond donors (Lipinski definition) is 1. The van der Waals surface area contributed by atoms with Crippen molar-refractivity contribution in [1.82, 2.24) is 9.97 Å². The first kappa shape index (κ1) is 22.2. The van der Waals surface area contributed by atoms with Crippen molar-refractivity contribution in [2.75, 3.05) is 11.9 Å². The second kappa shape index (κ2) is 11.1. The number of hydrogen-bond acceptors (Lipinski definition) is 7. The van der Waals surface area contributed by atoms with Crippen molar-refractivity contribution < 1.29 is 14.3 Å². The maximum Gasteiger partial charge on any atom is 0.336 e. The maximum atomic E-state index is 12.3. The number of thiazole rings is 1. The van der Waals surface area contributed by atoms with E-state index in [0.717, 1.165) is 39.9 Å². The summed E-state index contributed by atoms with van der Waals surface area (Å²) in [4.78, 5) is 21.1. The number of ether oxygens (including phenoxy) is 2. The molecule has 7 heteroatoms. The molecule has 0 radical (unpaired) electrons. The van der Waals surface area contributed by atoms with E-state index >= 15 is 0 Å². The predicted octanol–water partition coefficient (Wildman–Crippen LogP) is 6.36. The molecular formula is C26H23N3O3S. The molecular weight excluding hydrogens is 434 g/mol. The van der Waals surface area contributed by atoms with Gasteiger partial charge >= 0.3 is 5.97 Å². The van der Waals surface area contributed by atoms with Crippen molar-refractivity contribution in [1.29, 1.82) is 0 Å². The number of pyridine rings is 1. The van der Waals surface area contributed by atoms with Gasteiger partial charge in [0, 0.05) is 29.4 Å². The Balaban J connectivity index is 1.34. The van der Waals surface area contributed by atoms with Crippen LogP contribution < -0.4 is 14.8 Å². The average Bonchev–Trinajstić information content (AvgIpc) is 3.31. The van der Waals surface area contributed by atoms with Crippen molar-refractivity contribution in [3.63, 3.8) is 0 Å². The molecule has 2 aromatic heterocycles. The van der Waals surface area contributed by atoms with Crippen molar-refractivity contribution in [3.05, 3.63) is 89.9 Å². The number of nitrogens with one attached hydrogen (secondary N) is 1. The summed E-state index contributed by atoms with van der Waals surface area (Å²) >= 11 is 1.48. The molecule has 166 valence electrons. The predicted molar refractivity (Wildman–Crippen MR) is 132 cm³/mol. The van der Waals surface area contributed by atoms with Gasteiger partial charge in [0.15, 0.2) is 5.13 Å². The number of anilines is 2. The van der Waals surface area contributed by atoms with Crippen LogP contribution in [0.5, 0.6) is 11.5 Å². The summed E-state index contributed by atoms with van der Waals surface area (Å²) in [5.74, 6) is 0.804. The lowest BCUT2D eigenvalue weighted by molar-refractivity contribution is -0.128. The molecule has 0 saturated heterocycles. The topological polar surface area (TPSA) is 73.3 Å². The van der Waals surface area contributed by atoms with Crippen LogP contribution in [-0.4, -0.2) is 22.5 Å². The molecule has 0 aliphatic carbocycles. The highest BCUT2D eigenvalue weighted by molar-refractivity contribution is 7.14. The Kier molecular flexibility index (Phi) is 7.45. The van der Waals surface area contributed by atoms with Crippen LogP contribution in [0.3, 0.4) is 0 Å². The first-order valence-electron chi connectivity index (χ1n) is 10.6. The van der Waals surface area contributed by atoms with Crippen molar-refractivity contribution in [3.8, 4) is 22.9 Å². The first-order valence-corrected chi connectivity index (χ1v) is 11.4. The summed E-state index contributed by atoms with van der Waals surface area (Å²) in [7, 11) is 0. The fourth-order valence-electron chi connectivity index (χ4n) is 2.93.